The van der Waals surface area contributed by atoms with Crippen molar-refractivity contribution >= 4 is 11.9 Å². The van der Waals surface area contributed by atoms with Gasteiger partial charge in [-0.2, -0.15) is 5.10 Å². The summed E-state index contributed by atoms with van der Waals surface area (Å²) in [6.07, 6.45) is 0. The molecule has 0 radical (unpaired) electrons. The summed E-state index contributed by atoms with van der Waals surface area (Å²) in [5, 5.41) is 18.3. The third kappa shape index (κ3) is 3.88. The number of aromatic amines is 1. The van der Waals surface area contributed by atoms with Crippen molar-refractivity contribution in [2.24, 2.45) is 5.92 Å². The van der Waals surface area contributed by atoms with Crippen molar-refractivity contribution in [3.8, 4) is 17.0 Å². The van der Waals surface area contributed by atoms with E-state index in [9.17, 15) is 9.59 Å². The number of carbonyl (C=O) groups is 2. The number of carboxylic acid groups (broad SMARTS) is 1. The Morgan fingerprint density at radius 2 is 1.91 bits per heavy atom. The SMILES string of the molecule is COc1ccc(-c2cc(C(=O)N[C@@H](C(=O)O)C(C)C)[nH]n2)cc1. The van der Waals surface area contributed by atoms with Crippen LogP contribution in [-0.4, -0.2) is 40.3 Å². The highest BCUT2D eigenvalue weighted by Crippen LogP contribution is 2.21. The molecule has 0 saturated heterocycles. The van der Waals surface area contributed by atoms with E-state index in [1.54, 1.807) is 39.2 Å². The van der Waals surface area contributed by atoms with Gasteiger partial charge in [-0.3, -0.25) is 9.89 Å². The first-order valence-corrected chi connectivity index (χ1v) is 7.16. The molecule has 0 unspecified atom stereocenters. The number of nitrogens with one attached hydrogen (secondary N) is 2. The molecule has 1 aromatic heterocycles. The highest BCUT2D eigenvalue weighted by atomic mass is 16.5. The summed E-state index contributed by atoms with van der Waals surface area (Å²) in [7, 11) is 1.58. The summed E-state index contributed by atoms with van der Waals surface area (Å²) in [5.74, 6) is -1.06. The van der Waals surface area contributed by atoms with Crippen molar-refractivity contribution in [2.75, 3.05) is 7.11 Å². The molecule has 7 nitrogen and oxygen atoms in total. The lowest BCUT2D eigenvalue weighted by atomic mass is 10.0. The van der Waals surface area contributed by atoms with Gasteiger partial charge in [0.05, 0.1) is 12.8 Å². The second-order valence-electron chi connectivity index (χ2n) is 5.43. The molecule has 23 heavy (non-hydrogen) atoms. The van der Waals surface area contributed by atoms with E-state index >= 15 is 0 Å². The minimum atomic E-state index is -1.07. The van der Waals surface area contributed by atoms with Crippen molar-refractivity contribution in [1.29, 1.82) is 0 Å². The summed E-state index contributed by atoms with van der Waals surface area (Å²) >= 11 is 0. The Labute approximate surface area is 133 Å². The van der Waals surface area contributed by atoms with Gasteiger partial charge in [0.15, 0.2) is 0 Å². The Morgan fingerprint density at radius 1 is 1.26 bits per heavy atom. The first-order chi connectivity index (χ1) is 10.9. The maximum absolute atomic E-state index is 12.1. The number of aliphatic carboxylic acids is 1. The third-order valence-corrected chi connectivity index (χ3v) is 3.43. The number of rotatable bonds is 6. The monoisotopic (exact) mass is 317 g/mol. The van der Waals surface area contributed by atoms with Crippen LogP contribution in [0.2, 0.25) is 0 Å². The molecule has 0 fully saturated rings. The number of nitrogens with zero attached hydrogens (tertiary/aromatic N) is 1. The third-order valence-electron chi connectivity index (χ3n) is 3.43. The van der Waals surface area contributed by atoms with Gasteiger partial charge in [-0.25, -0.2) is 4.79 Å². The Balaban J connectivity index is 2.14. The van der Waals surface area contributed by atoms with Crippen LogP contribution in [0.1, 0.15) is 24.3 Å². The minimum absolute atomic E-state index is 0.211. The zero-order valence-electron chi connectivity index (χ0n) is 13.2. The molecular weight excluding hydrogens is 298 g/mol. The summed E-state index contributed by atoms with van der Waals surface area (Å²) in [6.45, 7) is 3.46. The number of carbonyl (C=O) groups excluding carboxylic acids is 1. The van der Waals surface area contributed by atoms with Crippen molar-refractivity contribution in [1.82, 2.24) is 15.5 Å². The van der Waals surface area contributed by atoms with Gasteiger partial charge in [0, 0.05) is 5.56 Å². The molecule has 1 amide bonds. The van der Waals surface area contributed by atoms with E-state index in [1.165, 1.54) is 0 Å². The molecule has 2 rings (SSSR count). The minimum Gasteiger partial charge on any atom is -0.497 e. The van der Waals surface area contributed by atoms with Gasteiger partial charge >= 0.3 is 5.97 Å². The van der Waals surface area contributed by atoms with E-state index in [0.717, 1.165) is 11.3 Å². The van der Waals surface area contributed by atoms with Gasteiger partial charge in [-0.15, -0.1) is 0 Å². The zero-order valence-corrected chi connectivity index (χ0v) is 13.2. The first kappa shape index (κ1) is 16.5. The van der Waals surface area contributed by atoms with E-state index in [2.05, 4.69) is 15.5 Å². The molecule has 0 aliphatic rings. The lowest BCUT2D eigenvalue weighted by molar-refractivity contribution is -0.140. The number of benzene rings is 1. The van der Waals surface area contributed by atoms with E-state index in [-0.39, 0.29) is 11.6 Å². The molecule has 1 atom stereocenters. The van der Waals surface area contributed by atoms with Crippen molar-refractivity contribution in [3.05, 3.63) is 36.0 Å². The molecule has 1 heterocycles. The van der Waals surface area contributed by atoms with Gasteiger partial charge in [-0.05, 0) is 36.2 Å². The Bertz CT molecular complexity index is 692. The molecular formula is C16H19N3O4. The highest BCUT2D eigenvalue weighted by molar-refractivity contribution is 5.95. The van der Waals surface area contributed by atoms with Gasteiger partial charge in [0.25, 0.3) is 5.91 Å². The predicted molar refractivity (Wildman–Crippen MR) is 84.3 cm³/mol. The molecule has 0 bridgehead atoms. The average molecular weight is 317 g/mol. The normalized spacial score (nSPS) is 12.0. The standard InChI is InChI=1S/C16H19N3O4/c1-9(2)14(16(21)22)17-15(20)13-8-12(18-19-13)10-4-6-11(23-3)7-5-10/h4-9,14H,1-3H3,(H,17,20)(H,18,19)(H,21,22)/t14-/m1/s1. The van der Waals surface area contributed by atoms with Crippen LogP contribution in [0.4, 0.5) is 0 Å². The van der Waals surface area contributed by atoms with Crippen LogP contribution in [0.3, 0.4) is 0 Å². The maximum atomic E-state index is 12.1. The molecule has 0 aliphatic heterocycles. The number of hydrogen-bond acceptors (Lipinski definition) is 4. The number of carboxylic acids is 1. The lowest BCUT2D eigenvalue weighted by Gasteiger charge is -2.17. The van der Waals surface area contributed by atoms with E-state index in [4.69, 9.17) is 9.84 Å². The Hall–Kier alpha value is -2.83. The van der Waals surface area contributed by atoms with Crippen LogP contribution in [-0.2, 0) is 4.79 Å². The highest BCUT2D eigenvalue weighted by Gasteiger charge is 2.24. The lowest BCUT2D eigenvalue weighted by Crippen LogP contribution is -2.44. The zero-order chi connectivity index (χ0) is 17.0. The molecule has 0 saturated carbocycles. The topological polar surface area (TPSA) is 104 Å². The fraction of sp³-hybridized carbons (Fsp3) is 0.312. The van der Waals surface area contributed by atoms with Crippen molar-refractivity contribution < 1.29 is 19.4 Å². The van der Waals surface area contributed by atoms with Crippen LogP contribution >= 0.6 is 0 Å². The maximum Gasteiger partial charge on any atom is 0.326 e. The molecule has 122 valence electrons. The number of hydrogen-bond donors (Lipinski definition) is 3. The second kappa shape index (κ2) is 6.95. The first-order valence-electron chi connectivity index (χ1n) is 7.16. The van der Waals surface area contributed by atoms with Gasteiger partial charge in [0.2, 0.25) is 0 Å². The number of amides is 1. The average Bonchev–Trinajstić information content (AvgIpc) is 3.01. The van der Waals surface area contributed by atoms with Crippen LogP contribution in [0.5, 0.6) is 5.75 Å². The fourth-order valence-corrected chi connectivity index (χ4v) is 2.08. The predicted octanol–water partition coefficient (Wildman–Crippen LogP) is 1.92. The number of H-pyrrole nitrogens is 1. The quantitative estimate of drug-likeness (QED) is 0.755. The second-order valence-corrected chi connectivity index (χ2v) is 5.43. The number of ether oxygens (including phenoxy) is 1. The smallest absolute Gasteiger partial charge is 0.326 e. The van der Waals surface area contributed by atoms with E-state index in [0.29, 0.717) is 5.69 Å². The van der Waals surface area contributed by atoms with Crippen LogP contribution in [0.25, 0.3) is 11.3 Å². The largest absolute Gasteiger partial charge is 0.497 e. The summed E-state index contributed by atoms with van der Waals surface area (Å²) < 4.78 is 5.09. The molecule has 0 aliphatic carbocycles. The van der Waals surface area contributed by atoms with Gasteiger partial charge in [0.1, 0.15) is 17.5 Å². The van der Waals surface area contributed by atoms with Crippen LogP contribution in [0.15, 0.2) is 30.3 Å². The van der Waals surface area contributed by atoms with Crippen molar-refractivity contribution in [2.45, 2.75) is 19.9 Å². The number of methoxy groups -OCH3 is 1. The molecule has 1 aromatic carbocycles. The van der Waals surface area contributed by atoms with Crippen molar-refractivity contribution in [3.63, 3.8) is 0 Å². The van der Waals surface area contributed by atoms with E-state index < -0.39 is 17.9 Å². The Kier molecular flexibility index (Phi) is 5.00. The molecule has 0 spiro atoms. The van der Waals surface area contributed by atoms with E-state index in [1.807, 2.05) is 12.1 Å². The van der Waals surface area contributed by atoms with Gasteiger partial charge < -0.3 is 15.2 Å². The van der Waals surface area contributed by atoms with Gasteiger partial charge in [-0.1, -0.05) is 13.8 Å². The summed E-state index contributed by atoms with van der Waals surface area (Å²) in [6, 6.07) is 7.87. The fourth-order valence-electron chi connectivity index (χ4n) is 2.08. The van der Waals surface area contributed by atoms with Crippen LogP contribution < -0.4 is 10.1 Å². The molecule has 7 heteroatoms. The number of aromatic nitrogens is 2. The molecule has 3 N–H and O–H groups in total. The summed E-state index contributed by atoms with van der Waals surface area (Å²) in [4.78, 5) is 23.3. The summed E-state index contributed by atoms with van der Waals surface area (Å²) in [5.41, 5.74) is 1.62. The molecule has 2 aromatic rings. The van der Waals surface area contributed by atoms with Crippen LogP contribution in [0, 0.1) is 5.92 Å². The Morgan fingerprint density at radius 3 is 2.43 bits per heavy atom.